The van der Waals surface area contributed by atoms with Gasteiger partial charge >= 0.3 is 6.18 Å². The Morgan fingerprint density at radius 3 is 2.12 bits per heavy atom. The minimum atomic E-state index is -4.58. The summed E-state index contributed by atoms with van der Waals surface area (Å²) in [6, 6.07) is -0.0616. The Balaban J connectivity index is 3.19. The number of nitrogens with one attached hydrogen (secondary N) is 1. The van der Waals surface area contributed by atoms with Crippen LogP contribution in [0.1, 0.15) is 19.7 Å². The van der Waals surface area contributed by atoms with E-state index in [2.05, 4.69) is 20.3 Å². The van der Waals surface area contributed by atoms with Gasteiger partial charge in [-0.25, -0.2) is 0 Å². The second kappa shape index (κ2) is 4.72. The maximum atomic E-state index is 12.5. The van der Waals surface area contributed by atoms with Gasteiger partial charge in [-0.15, -0.1) is 0 Å². The van der Waals surface area contributed by atoms with Gasteiger partial charge < -0.3 is 10.2 Å². The number of nitrogens with zero attached hydrogens (tertiary/aromatic N) is 4. The molecule has 1 aromatic heterocycles. The van der Waals surface area contributed by atoms with Crippen molar-refractivity contribution in [3.8, 4) is 0 Å². The first-order valence-electron chi connectivity index (χ1n) is 4.97. The lowest BCUT2D eigenvalue weighted by molar-refractivity contribution is -0.144. The zero-order valence-corrected chi connectivity index (χ0v) is 10.0. The molecule has 1 heterocycles. The fourth-order valence-electron chi connectivity index (χ4n) is 1.01. The molecule has 0 saturated heterocycles. The monoisotopic (exact) mass is 249 g/mol. The molecule has 17 heavy (non-hydrogen) atoms. The second-order valence-electron chi connectivity index (χ2n) is 3.97. The molecule has 0 saturated carbocycles. The van der Waals surface area contributed by atoms with Gasteiger partial charge in [0, 0.05) is 20.1 Å². The zero-order chi connectivity index (χ0) is 13.2. The Labute approximate surface area is 97.1 Å². The third-order valence-corrected chi connectivity index (χ3v) is 1.69. The maximum absolute atomic E-state index is 12.5. The number of rotatable bonds is 3. The summed E-state index contributed by atoms with van der Waals surface area (Å²) >= 11 is 0. The summed E-state index contributed by atoms with van der Waals surface area (Å²) in [5, 5.41) is 2.72. The average Bonchev–Trinajstić information content (AvgIpc) is 2.14. The van der Waals surface area contributed by atoms with Crippen LogP contribution in [-0.4, -0.2) is 35.1 Å². The van der Waals surface area contributed by atoms with E-state index >= 15 is 0 Å². The van der Waals surface area contributed by atoms with Crippen LogP contribution in [0.2, 0.25) is 0 Å². The highest BCUT2D eigenvalue weighted by molar-refractivity contribution is 5.36. The first-order chi connectivity index (χ1) is 7.70. The number of aromatic nitrogens is 3. The van der Waals surface area contributed by atoms with Crippen molar-refractivity contribution < 1.29 is 13.2 Å². The van der Waals surface area contributed by atoms with Gasteiger partial charge in [0.15, 0.2) is 0 Å². The highest BCUT2D eigenvalue weighted by atomic mass is 19.4. The van der Waals surface area contributed by atoms with Crippen molar-refractivity contribution in [2.24, 2.45) is 0 Å². The first-order valence-corrected chi connectivity index (χ1v) is 4.97. The van der Waals surface area contributed by atoms with Gasteiger partial charge in [0.25, 0.3) is 0 Å². The fourth-order valence-corrected chi connectivity index (χ4v) is 1.01. The fraction of sp³-hybridized carbons (Fsp3) is 0.667. The van der Waals surface area contributed by atoms with Gasteiger partial charge in [0.05, 0.1) is 0 Å². The molecular weight excluding hydrogens is 235 g/mol. The molecule has 0 radical (unpaired) electrons. The zero-order valence-electron chi connectivity index (χ0n) is 10.0. The number of hydrogen-bond acceptors (Lipinski definition) is 5. The highest BCUT2D eigenvalue weighted by Crippen LogP contribution is 2.27. The van der Waals surface area contributed by atoms with Crippen molar-refractivity contribution in [3.05, 3.63) is 5.82 Å². The lowest BCUT2D eigenvalue weighted by Gasteiger charge is -2.15. The van der Waals surface area contributed by atoms with Crippen LogP contribution in [0.3, 0.4) is 0 Å². The van der Waals surface area contributed by atoms with E-state index in [1.807, 2.05) is 0 Å². The summed E-state index contributed by atoms with van der Waals surface area (Å²) in [6.45, 7) is 3.57. The second-order valence-corrected chi connectivity index (χ2v) is 3.97. The van der Waals surface area contributed by atoms with Gasteiger partial charge in [-0.1, -0.05) is 0 Å². The van der Waals surface area contributed by atoms with E-state index in [0.717, 1.165) is 0 Å². The Hall–Kier alpha value is -1.60. The van der Waals surface area contributed by atoms with E-state index in [0.29, 0.717) is 0 Å². The molecule has 0 fully saturated rings. The van der Waals surface area contributed by atoms with Crippen molar-refractivity contribution in [2.75, 3.05) is 24.3 Å². The normalized spacial score (nSPS) is 11.8. The molecule has 96 valence electrons. The average molecular weight is 249 g/mol. The molecule has 0 unspecified atom stereocenters. The van der Waals surface area contributed by atoms with Crippen LogP contribution in [0.5, 0.6) is 0 Å². The molecule has 0 aliphatic heterocycles. The quantitative estimate of drug-likeness (QED) is 0.884. The van der Waals surface area contributed by atoms with Crippen molar-refractivity contribution in [2.45, 2.75) is 26.1 Å². The molecule has 0 bridgehead atoms. The smallest absolute Gasteiger partial charge is 0.352 e. The van der Waals surface area contributed by atoms with Crippen LogP contribution >= 0.6 is 0 Å². The van der Waals surface area contributed by atoms with Crippen LogP contribution in [0.4, 0.5) is 25.1 Å². The van der Waals surface area contributed by atoms with Crippen molar-refractivity contribution >= 4 is 11.9 Å². The summed E-state index contributed by atoms with van der Waals surface area (Å²) < 4.78 is 37.6. The van der Waals surface area contributed by atoms with Gasteiger partial charge in [-0.3, -0.25) is 0 Å². The van der Waals surface area contributed by atoms with Gasteiger partial charge in [-0.05, 0) is 13.8 Å². The summed E-state index contributed by atoms with van der Waals surface area (Å²) in [6.07, 6.45) is -4.58. The Kier molecular flexibility index (Phi) is 3.74. The third kappa shape index (κ3) is 3.72. The van der Waals surface area contributed by atoms with E-state index in [1.54, 1.807) is 27.9 Å². The molecule has 1 rings (SSSR count). The summed E-state index contributed by atoms with van der Waals surface area (Å²) in [7, 11) is 3.13. The molecule has 0 amide bonds. The van der Waals surface area contributed by atoms with E-state index in [9.17, 15) is 13.2 Å². The molecule has 0 aliphatic rings. The molecule has 0 aromatic carbocycles. The standard InChI is InChI=1S/C9H14F3N5/c1-5(2)13-7-14-6(9(10,11)12)15-8(16-7)17(3)4/h5H,1-4H3,(H,13,14,15,16). The van der Waals surface area contributed by atoms with Crippen LogP contribution in [0, 0.1) is 0 Å². The van der Waals surface area contributed by atoms with Crippen molar-refractivity contribution in [1.29, 1.82) is 0 Å². The Morgan fingerprint density at radius 1 is 1.12 bits per heavy atom. The molecule has 8 heteroatoms. The number of hydrogen-bond donors (Lipinski definition) is 1. The largest absolute Gasteiger partial charge is 0.451 e. The van der Waals surface area contributed by atoms with E-state index < -0.39 is 12.0 Å². The van der Waals surface area contributed by atoms with Crippen molar-refractivity contribution in [3.63, 3.8) is 0 Å². The van der Waals surface area contributed by atoms with Crippen LogP contribution in [0.15, 0.2) is 0 Å². The van der Waals surface area contributed by atoms with Gasteiger partial charge in [-0.2, -0.15) is 28.1 Å². The number of anilines is 2. The molecular formula is C9H14F3N5. The molecule has 0 atom stereocenters. The SMILES string of the molecule is CC(C)Nc1nc(N(C)C)nc(C(F)(F)F)n1. The molecule has 1 aromatic rings. The van der Waals surface area contributed by atoms with Gasteiger partial charge in [0.1, 0.15) is 0 Å². The van der Waals surface area contributed by atoms with Crippen LogP contribution < -0.4 is 10.2 Å². The summed E-state index contributed by atoms with van der Waals surface area (Å²) in [4.78, 5) is 12.0. The third-order valence-electron chi connectivity index (χ3n) is 1.69. The van der Waals surface area contributed by atoms with Crippen LogP contribution in [-0.2, 0) is 6.18 Å². The lowest BCUT2D eigenvalue weighted by atomic mass is 10.4. The predicted octanol–water partition coefficient (Wildman–Crippen LogP) is 1.78. The summed E-state index contributed by atoms with van der Waals surface area (Å²) in [5.41, 5.74) is 0. The predicted molar refractivity (Wildman–Crippen MR) is 57.9 cm³/mol. The Bertz CT molecular complexity index is 389. The van der Waals surface area contributed by atoms with E-state index in [1.165, 1.54) is 4.90 Å². The minimum absolute atomic E-state index is 0.0320. The molecule has 0 aliphatic carbocycles. The first kappa shape index (κ1) is 13.5. The molecule has 5 nitrogen and oxygen atoms in total. The number of alkyl halides is 3. The van der Waals surface area contributed by atoms with Crippen molar-refractivity contribution in [1.82, 2.24) is 15.0 Å². The van der Waals surface area contributed by atoms with Gasteiger partial charge in [0.2, 0.25) is 17.7 Å². The molecule has 1 N–H and O–H groups in total. The summed E-state index contributed by atoms with van der Waals surface area (Å²) in [5.74, 6) is -1.30. The minimum Gasteiger partial charge on any atom is -0.352 e. The highest BCUT2D eigenvalue weighted by Gasteiger charge is 2.36. The Morgan fingerprint density at radius 2 is 1.71 bits per heavy atom. The molecule has 0 spiro atoms. The lowest BCUT2D eigenvalue weighted by Crippen LogP contribution is -2.22. The van der Waals surface area contributed by atoms with Crippen LogP contribution in [0.25, 0.3) is 0 Å². The maximum Gasteiger partial charge on any atom is 0.451 e. The van der Waals surface area contributed by atoms with E-state index in [-0.39, 0.29) is 17.9 Å². The van der Waals surface area contributed by atoms with E-state index in [4.69, 9.17) is 0 Å². The number of halogens is 3. The topological polar surface area (TPSA) is 53.9 Å².